The van der Waals surface area contributed by atoms with Crippen LogP contribution in [0.15, 0.2) is 0 Å². The molecule has 0 saturated carbocycles. The first-order chi connectivity index (χ1) is 9.14. The Kier molecular flexibility index (Phi) is 11.4. The lowest BCUT2D eigenvalue weighted by Crippen LogP contribution is -3.00. The highest BCUT2D eigenvalue weighted by Crippen LogP contribution is 2.16. The molecule has 0 aromatic carbocycles. The highest BCUT2D eigenvalue weighted by molar-refractivity contribution is 4.67. The molecule has 2 nitrogen and oxygen atoms in total. The van der Waals surface area contributed by atoms with Crippen LogP contribution in [-0.2, 0) is 4.74 Å². The van der Waals surface area contributed by atoms with Gasteiger partial charge < -0.3 is 13.9 Å². The van der Waals surface area contributed by atoms with Gasteiger partial charge in [-0.1, -0.05) is 58.3 Å². The quantitative estimate of drug-likeness (QED) is 0.284. The molecule has 3 heteroatoms. The number of unbranched alkanes of at least 4 members (excludes halogenated alkanes) is 9. The number of hydrogen-bond acceptors (Lipinski definition) is 1. The van der Waals surface area contributed by atoms with Crippen molar-refractivity contribution in [2.75, 3.05) is 33.8 Å². The summed E-state index contributed by atoms with van der Waals surface area (Å²) in [7, 11) is 4.69. The second-order valence-corrected chi connectivity index (χ2v) is 6.98. The van der Waals surface area contributed by atoms with Crippen molar-refractivity contribution in [3.63, 3.8) is 0 Å². The first kappa shape index (κ1) is 19.9. The topological polar surface area (TPSA) is 12.5 Å². The van der Waals surface area contributed by atoms with E-state index in [1.165, 1.54) is 77.3 Å². The molecule has 0 aromatic heterocycles. The fourth-order valence-electron chi connectivity index (χ4n) is 2.84. The Morgan fingerprint density at radius 1 is 0.850 bits per heavy atom. The van der Waals surface area contributed by atoms with Gasteiger partial charge in [0.2, 0.25) is 0 Å². The number of quaternary nitrogens is 1. The summed E-state index contributed by atoms with van der Waals surface area (Å²) in [6.45, 7) is 5.81. The Morgan fingerprint density at radius 2 is 1.30 bits per heavy atom. The molecule has 1 aliphatic rings. The van der Waals surface area contributed by atoms with Crippen LogP contribution < -0.4 is 4.70 Å². The largest absolute Gasteiger partial charge is 1.00 e. The molecule has 1 fully saturated rings. The smallest absolute Gasteiger partial charge is 0.130 e. The summed E-state index contributed by atoms with van der Waals surface area (Å²) in [6.07, 6.45) is 14.9. The molecule has 0 amide bonds. The summed E-state index contributed by atoms with van der Waals surface area (Å²) in [4.78, 5) is 0. The normalized spacial score (nSPS) is 17.9. The van der Waals surface area contributed by atoms with Crippen LogP contribution in [0.2, 0.25) is 0 Å². The van der Waals surface area contributed by atoms with Crippen LogP contribution in [-0.4, -0.2) is 44.4 Å². The van der Waals surface area contributed by atoms with E-state index < -0.39 is 0 Å². The molecular formula is C17H36FNO. The van der Waals surface area contributed by atoms with Crippen LogP contribution in [0.25, 0.3) is 0 Å². The van der Waals surface area contributed by atoms with Gasteiger partial charge in [-0.3, -0.25) is 0 Å². The number of rotatable bonds is 13. The number of halogens is 1. The molecule has 1 saturated heterocycles. The molecule has 1 unspecified atom stereocenters. The predicted molar refractivity (Wildman–Crippen MR) is 83.4 cm³/mol. The SMILES string of the molecule is CCCCCCCCCCCC[N+](C)(C)CC1CO1.[F-]. The zero-order valence-corrected chi connectivity index (χ0v) is 14.0. The van der Waals surface area contributed by atoms with Crippen molar-refractivity contribution < 1.29 is 13.9 Å². The van der Waals surface area contributed by atoms with Gasteiger partial charge in [0.15, 0.2) is 0 Å². The summed E-state index contributed by atoms with van der Waals surface area (Å²) in [6, 6.07) is 0. The van der Waals surface area contributed by atoms with E-state index in [2.05, 4.69) is 21.0 Å². The predicted octanol–water partition coefficient (Wildman–Crippen LogP) is 1.39. The third kappa shape index (κ3) is 11.7. The molecule has 122 valence electrons. The van der Waals surface area contributed by atoms with Gasteiger partial charge in [0.25, 0.3) is 0 Å². The number of ether oxygens (including phenoxy) is 1. The Hall–Kier alpha value is -0.150. The van der Waals surface area contributed by atoms with Crippen molar-refractivity contribution in [1.29, 1.82) is 0 Å². The first-order valence-electron chi connectivity index (χ1n) is 8.57. The van der Waals surface area contributed by atoms with E-state index in [1.807, 2.05) is 0 Å². The van der Waals surface area contributed by atoms with Crippen molar-refractivity contribution in [2.24, 2.45) is 0 Å². The molecule has 1 heterocycles. The minimum Gasteiger partial charge on any atom is -1.00 e. The third-order valence-corrected chi connectivity index (χ3v) is 4.22. The van der Waals surface area contributed by atoms with Gasteiger partial charge in [0.1, 0.15) is 12.6 Å². The molecule has 0 spiro atoms. The zero-order valence-electron chi connectivity index (χ0n) is 14.0. The van der Waals surface area contributed by atoms with Crippen molar-refractivity contribution >= 4 is 0 Å². The van der Waals surface area contributed by atoms with Crippen LogP contribution in [0.4, 0.5) is 0 Å². The van der Waals surface area contributed by atoms with Crippen LogP contribution in [0.3, 0.4) is 0 Å². The monoisotopic (exact) mass is 289 g/mol. The Morgan fingerprint density at radius 3 is 1.75 bits per heavy atom. The fraction of sp³-hybridized carbons (Fsp3) is 1.00. The third-order valence-electron chi connectivity index (χ3n) is 4.22. The number of nitrogens with zero attached hydrogens (tertiary/aromatic N) is 1. The molecule has 0 N–H and O–H groups in total. The molecule has 0 radical (unpaired) electrons. The van der Waals surface area contributed by atoms with Gasteiger partial charge in [-0.25, -0.2) is 0 Å². The molecule has 1 rings (SSSR count). The summed E-state index contributed by atoms with van der Waals surface area (Å²) in [5, 5.41) is 0. The highest BCUT2D eigenvalue weighted by atomic mass is 19.0. The van der Waals surface area contributed by atoms with E-state index in [4.69, 9.17) is 4.74 Å². The maximum atomic E-state index is 5.33. The van der Waals surface area contributed by atoms with E-state index >= 15 is 0 Å². The number of likely N-dealkylation sites (N-methyl/N-ethyl adjacent to an activating group) is 1. The first-order valence-corrected chi connectivity index (χ1v) is 8.57. The van der Waals surface area contributed by atoms with Crippen LogP contribution in [0.1, 0.15) is 71.1 Å². The minimum atomic E-state index is 0. The molecular weight excluding hydrogens is 253 g/mol. The zero-order chi connectivity index (χ0) is 14.0. The lowest BCUT2D eigenvalue weighted by Gasteiger charge is -2.29. The molecule has 0 aromatic rings. The average Bonchev–Trinajstić information content (AvgIpc) is 3.14. The maximum absolute atomic E-state index is 5.33. The number of hydrogen-bond donors (Lipinski definition) is 0. The van der Waals surface area contributed by atoms with Gasteiger partial charge in [-0.05, 0) is 12.8 Å². The van der Waals surface area contributed by atoms with Gasteiger partial charge in [0.05, 0.1) is 27.2 Å². The second kappa shape index (κ2) is 11.5. The summed E-state index contributed by atoms with van der Waals surface area (Å²) < 4.78 is 6.47. The Labute approximate surface area is 125 Å². The van der Waals surface area contributed by atoms with Gasteiger partial charge in [-0.2, -0.15) is 0 Å². The van der Waals surface area contributed by atoms with Crippen molar-refractivity contribution in [2.45, 2.75) is 77.2 Å². The standard InChI is InChI=1S/C17H36NO.FH/c1-4-5-6-7-8-9-10-11-12-13-14-18(2,3)15-17-16-19-17;/h17H,4-16H2,1-3H3;1H/q+1;/p-1. The minimum absolute atomic E-state index is 0. The summed E-state index contributed by atoms with van der Waals surface area (Å²) >= 11 is 0. The van der Waals surface area contributed by atoms with Crippen LogP contribution in [0.5, 0.6) is 0 Å². The van der Waals surface area contributed by atoms with Crippen molar-refractivity contribution in [3.8, 4) is 0 Å². The lowest BCUT2D eigenvalue weighted by atomic mass is 10.1. The van der Waals surface area contributed by atoms with Gasteiger partial charge >= 0.3 is 0 Å². The summed E-state index contributed by atoms with van der Waals surface area (Å²) in [5.41, 5.74) is 0. The van der Waals surface area contributed by atoms with E-state index in [-0.39, 0.29) is 4.70 Å². The molecule has 0 bridgehead atoms. The summed E-state index contributed by atoms with van der Waals surface area (Å²) in [5.74, 6) is 0. The van der Waals surface area contributed by atoms with Gasteiger partial charge in [0, 0.05) is 0 Å². The Balaban J connectivity index is 0.00000361. The van der Waals surface area contributed by atoms with Crippen molar-refractivity contribution in [3.05, 3.63) is 0 Å². The van der Waals surface area contributed by atoms with Crippen LogP contribution in [0, 0.1) is 0 Å². The average molecular weight is 289 g/mol. The van der Waals surface area contributed by atoms with Crippen molar-refractivity contribution in [1.82, 2.24) is 0 Å². The Bertz CT molecular complexity index is 217. The van der Waals surface area contributed by atoms with E-state index in [9.17, 15) is 0 Å². The maximum Gasteiger partial charge on any atom is 0.130 e. The van der Waals surface area contributed by atoms with E-state index in [0.29, 0.717) is 6.10 Å². The second-order valence-electron chi connectivity index (χ2n) is 6.98. The molecule has 0 aliphatic carbocycles. The van der Waals surface area contributed by atoms with E-state index in [0.717, 1.165) is 11.1 Å². The fourth-order valence-corrected chi connectivity index (χ4v) is 2.84. The van der Waals surface area contributed by atoms with Crippen LogP contribution >= 0.6 is 0 Å². The molecule has 20 heavy (non-hydrogen) atoms. The molecule has 1 atom stereocenters. The van der Waals surface area contributed by atoms with Gasteiger partial charge in [-0.15, -0.1) is 0 Å². The number of epoxide rings is 1. The van der Waals surface area contributed by atoms with E-state index in [1.54, 1.807) is 0 Å². The highest BCUT2D eigenvalue weighted by Gasteiger charge is 2.30. The lowest BCUT2D eigenvalue weighted by molar-refractivity contribution is -0.891. The molecule has 1 aliphatic heterocycles.